The van der Waals surface area contributed by atoms with Crippen LogP contribution in [0.3, 0.4) is 0 Å². The Balaban J connectivity index is 2.05. The zero-order valence-electron chi connectivity index (χ0n) is 13.6. The second-order valence-electron chi connectivity index (χ2n) is 4.83. The van der Waals surface area contributed by atoms with Crippen molar-refractivity contribution in [2.75, 3.05) is 20.8 Å². The SMILES string of the molecule is COC(=O)COc1cc(C(=O)OCc2cnn(C)c2)ccc1OC. The van der Waals surface area contributed by atoms with Crippen molar-refractivity contribution in [3.63, 3.8) is 0 Å². The van der Waals surface area contributed by atoms with Crippen molar-refractivity contribution in [3.05, 3.63) is 41.7 Å². The van der Waals surface area contributed by atoms with E-state index < -0.39 is 11.9 Å². The molecule has 24 heavy (non-hydrogen) atoms. The fourth-order valence-electron chi connectivity index (χ4n) is 1.89. The number of aryl methyl sites for hydroxylation is 1. The molecule has 1 heterocycles. The van der Waals surface area contributed by atoms with Crippen LogP contribution < -0.4 is 9.47 Å². The number of rotatable bonds is 7. The summed E-state index contributed by atoms with van der Waals surface area (Å²) in [6.45, 7) is -0.182. The van der Waals surface area contributed by atoms with Gasteiger partial charge in [-0.2, -0.15) is 5.10 Å². The molecule has 0 aliphatic rings. The average Bonchev–Trinajstić information content (AvgIpc) is 3.02. The maximum Gasteiger partial charge on any atom is 0.343 e. The number of carbonyl (C=O) groups is 2. The van der Waals surface area contributed by atoms with Gasteiger partial charge in [0.05, 0.1) is 26.0 Å². The molecule has 0 aliphatic carbocycles. The number of hydrogen-bond acceptors (Lipinski definition) is 7. The lowest BCUT2D eigenvalue weighted by atomic mass is 10.2. The summed E-state index contributed by atoms with van der Waals surface area (Å²) in [5.41, 5.74) is 1.06. The topological polar surface area (TPSA) is 88.9 Å². The van der Waals surface area contributed by atoms with Gasteiger partial charge in [0.25, 0.3) is 0 Å². The number of ether oxygens (including phenoxy) is 4. The van der Waals surface area contributed by atoms with Crippen LogP contribution in [0.15, 0.2) is 30.6 Å². The van der Waals surface area contributed by atoms with Gasteiger partial charge < -0.3 is 18.9 Å². The summed E-state index contributed by atoms with van der Waals surface area (Å²) >= 11 is 0. The Hall–Kier alpha value is -3.03. The van der Waals surface area contributed by atoms with Crippen LogP contribution in [0.5, 0.6) is 11.5 Å². The van der Waals surface area contributed by atoms with Gasteiger partial charge in [-0.05, 0) is 18.2 Å². The molecule has 1 aromatic heterocycles. The van der Waals surface area contributed by atoms with Crippen LogP contribution in [0.25, 0.3) is 0 Å². The van der Waals surface area contributed by atoms with Crippen LogP contribution in [0.1, 0.15) is 15.9 Å². The van der Waals surface area contributed by atoms with E-state index in [4.69, 9.17) is 14.2 Å². The summed E-state index contributed by atoms with van der Waals surface area (Å²) in [6, 6.07) is 4.57. The fourth-order valence-corrected chi connectivity index (χ4v) is 1.89. The van der Waals surface area contributed by atoms with Gasteiger partial charge >= 0.3 is 11.9 Å². The van der Waals surface area contributed by atoms with Crippen molar-refractivity contribution in [2.45, 2.75) is 6.61 Å². The highest BCUT2D eigenvalue weighted by Crippen LogP contribution is 2.28. The van der Waals surface area contributed by atoms with Gasteiger partial charge in [-0.3, -0.25) is 4.68 Å². The molecule has 0 atom stereocenters. The molecule has 0 unspecified atom stereocenters. The Labute approximate surface area is 138 Å². The van der Waals surface area contributed by atoms with Gasteiger partial charge in [-0.1, -0.05) is 0 Å². The monoisotopic (exact) mass is 334 g/mol. The predicted octanol–water partition coefficient (Wildman–Crippen LogP) is 1.34. The van der Waals surface area contributed by atoms with Crippen molar-refractivity contribution in [1.82, 2.24) is 9.78 Å². The average molecular weight is 334 g/mol. The van der Waals surface area contributed by atoms with Crippen molar-refractivity contribution in [3.8, 4) is 11.5 Å². The quantitative estimate of drug-likeness (QED) is 0.706. The normalized spacial score (nSPS) is 10.1. The minimum Gasteiger partial charge on any atom is -0.493 e. The Kier molecular flexibility index (Phi) is 5.78. The Morgan fingerprint density at radius 2 is 2.00 bits per heavy atom. The first kappa shape index (κ1) is 17.3. The molecule has 8 heteroatoms. The first-order chi connectivity index (χ1) is 11.5. The van der Waals surface area contributed by atoms with Crippen molar-refractivity contribution < 1.29 is 28.5 Å². The third-order valence-corrected chi connectivity index (χ3v) is 3.10. The largest absolute Gasteiger partial charge is 0.493 e. The van der Waals surface area contributed by atoms with Gasteiger partial charge in [0.1, 0.15) is 6.61 Å². The molecular weight excluding hydrogens is 316 g/mol. The van der Waals surface area contributed by atoms with E-state index in [2.05, 4.69) is 9.84 Å². The molecule has 8 nitrogen and oxygen atoms in total. The molecule has 0 spiro atoms. The third-order valence-electron chi connectivity index (χ3n) is 3.10. The third kappa shape index (κ3) is 4.48. The maximum absolute atomic E-state index is 12.1. The molecule has 0 saturated carbocycles. The predicted molar refractivity (Wildman–Crippen MR) is 82.8 cm³/mol. The molecule has 2 aromatic rings. The van der Waals surface area contributed by atoms with Crippen LogP contribution >= 0.6 is 0 Å². The summed E-state index contributed by atoms with van der Waals surface area (Å²) in [4.78, 5) is 23.3. The zero-order chi connectivity index (χ0) is 17.5. The number of aromatic nitrogens is 2. The number of esters is 2. The van der Waals surface area contributed by atoms with E-state index in [1.807, 2.05) is 0 Å². The number of methoxy groups -OCH3 is 2. The lowest BCUT2D eigenvalue weighted by Gasteiger charge is -2.11. The van der Waals surface area contributed by atoms with E-state index in [-0.39, 0.29) is 24.5 Å². The van der Waals surface area contributed by atoms with E-state index in [1.54, 1.807) is 36.3 Å². The fraction of sp³-hybridized carbons (Fsp3) is 0.312. The summed E-state index contributed by atoms with van der Waals surface area (Å²) < 4.78 is 21.8. The molecule has 0 N–H and O–H groups in total. The molecule has 0 amide bonds. The maximum atomic E-state index is 12.1. The van der Waals surface area contributed by atoms with Gasteiger partial charge in [-0.25, -0.2) is 9.59 Å². The van der Waals surface area contributed by atoms with Crippen LogP contribution in [-0.2, 0) is 27.9 Å². The van der Waals surface area contributed by atoms with Gasteiger partial charge in [0.15, 0.2) is 18.1 Å². The van der Waals surface area contributed by atoms with E-state index in [0.717, 1.165) is 5.56 Å². The Morgan fingerprint density at radius 1 is 1.21 bits per heavy atom. The smallest absolute Gasteiger partial charge is 0.343 e. The van der Waals surface area contributed by atoms with Crippen LogP contribution in [-0.4, -0.2) is 42.5 Å². The van der Waals surface area contributed by atoms with Gasteiger partial charge in [0.2, 0.25) is 0 Å². The lowest BCUT2D eigenvalue weighted by molar-refractivity contribution is -0.142. The van der Waals surface area contributed by atoms with Crippen molar-refractivity contribution in [1.29, 1.82) is 0 Å². The van der Waals surface area contributed by atoms with Crippen LogP contribution in [0.2, 0.25) is 0 Å². The molecule has 2 rings (SSSR count). The second kappa shape index (κ2) is 8.00. The molecule has 0 aliphatic heterocycles. The number of benzene rings is 1. The molecular formula is C16H18N2O6. The Bertz CT molecular complexity index is 725. The molecule has 1 aromatic carbocycles. The zero-order valence-corrected chi connectivity index (χ0v) is 13.6. The van der Waals surface area contributed by atoms with E-state index in [1.165, 1.54) is 20.3 Å². The van der Waals surface area contributed by atoms with Gasteiger partial charge in [0, 0.05) is 18.8 Å². The molecule has 128 valence electrons. The minimum absolute atomic E-state index is 0.108. The number of nitrogens with zero attached hydrogens (tertiary/aromatic N) is 2. The highest BCUT2D eigenvalue weighted by Gasteiger charge is 2.14. The minimum atomic E-state index is -0.540. The van der Waals surface area contributed by atoms with Crippen molar-refractivity contribution >= 4 is 11.9 Å². The first-order valence-corrected chi connectivity index (χ1v) is 7.05. The summed E-state index contributed by atoms with van der Waals surface area (Å²) in [7, 11) is 4.50. The van der Waals surface area contributed by atoms with E-state index in [9.17, 15) is 9.59 Å². The van der Waals surface area contributed by atoms with Crippen LogP contribution in [0.4, 0.5) is 0 Å². The van der Waals surface area contributed by atoms with E-state index >= 15 is 0 Å². The molecule has 0 bridgehead atoms. The Morgan fingerprint density at radius 3 is 2.62 bits per heavy atom. The second-order valence-corrected chi connectivity index (χ2v) is 4.83. The first-order valence-electron chi connectivity index (χ1n) is 7.05. The number of hydrogen-bond donors (Lipinski definition) is 0. The molecule has 0 fully saturated rings. The standard InChI is InChI=1S/C16H18N2O6/c1-18-8-11(7-17-18)9-24-16(20)12-4-5-13(21-2)14(6-12)23-10-15(19)22-3/h4-8H,9-10H2,1-3H3. The summed E-state index contributed by atoms with van der Waals surface area (Å²) in [6.07, 6.45) is 3.37. The highest BCUT2D eigenvalue weighted by molar-refractivity contribution is 5.90. The van der Waals surface area contributed by atoms with E-state index in [0.29, 0.717) is 5.75 Å². The summed E-state index contributed by atoms with van der Waals surface area (Å²) in [5, 5.41) is 4.00. The lowest BCUT2D eigenvalue weighted by Crippen LogP contribution is -2.13. The number of carbonyl (C=O) groups excluding carboxylic acids is 2. The van der Waals surface area contributed by atoms with Crippen LogP contribution in [0, 0.1) is 0 Å². The summed E-state index contributed by atoms with van der Waals surface area (Å²) in [5.74, 6) is -0.424. The van der Waals surface area contributed by atoms with Gasteiger partial charge in [-0.15, -0.1) is 0 Å². The molecule has 0 saturated heterocycles. The van der Waals surface area contributed by atoms with Crippen molar-refractivity contribution in [2.24, 2.45) is 7.05 Å². The molecule has 0 radical (unpaired) electrons. The highest BCUT2D eigenvalue weighted by atomic mass is 16.6.